The van der Waals surface area contributed by atoms with Gasteiger partial charge in [-0.05, 0) is 36.6 Å². The quantitative estimate of drug-likeness (QED) is 0.848. The predicted octanol–water partition coefficient (Wildman–Crippen LogP) is 3.59. The topological polar surface area (TPSA) is 49.4 Å². The van der Waals surface area contributed by atoms with Gasteiger partial charge >= 0.3 is 0 Å². The second-order valence-corrected chi connectivity index (χ2v) is 6.53. The van der Waals surface area contributed by atoms with Crippen molar-refractivity contribution in [2.75, 3.05) is 18.4 Å². The zero-order chi connectivity index (χ0) is 16.0. The van der Waals surface area contributed by atoms with E-state index in [-0.39, 0.29) is 11.8 Å². The number of benzene rings is 1. The highest BCUT2D eigenvalue weighted by Crippen LogP contribution is 2.20. The molecule has 1 rings (SSSR count). The van der Waals surface area contributed by atoms with Crippen LogP contribution in [0.15, 0.2) is 22.7 Å². The minimum absolute atomic E-state index is 0.0105. The number of aryl methyl sites for hydroxylation is 1. The molecular weight excluding hydrogens is 332 g/mol. The van der Waals surface area contributed by atoms with Gasteiger partial charge < -0.3 is 10.2 Å². The summed E-state index contributed by atoms with van der Waals surface area (Å²) in [4.78, 5) is 25.3. The van der Waals surface area contributed by atoms with Gasteiger partial charge in [-0.25, -0.2) is 0 Å². The zero-order valence-electron chi connectivity index (χ0n) is 13.1. The van der Waals surface area contributed by atoms with Crippen molar-refractivity contribution in [3.63, 3.8) is 0 Å². The number of hydrogen-bond acceptors (Lipinski definition) is 2. The van der Waals surface area contributed by atoms with Crippen molar-refractivity contribution in [1.29, 1.82) is 0 Å². The van der Waals surface area contributed by atoms with Crippen molar-refractivity contribution in [1.82, 2.24) is 4.90 Å². The average Bonchev–Trinajstić information content (AvgIpc) is 2.37. The Labute approximate surface area is 135 Å². The fourth-order valence-corrected chi connectivity index (χ4v) is 2.51. The molecule has 4 nitrogen and oxygen atoms in total. The second-order valence-electron chi connectivity index (χ2n) is 5.62. The summed E-state index contributed by atoms with van der Waals surface area (Å²) in [7, 11) is 0. The van der Waals surface area contributed by atoms with Crippen molar-refractivity contribution in [2.45, 2.75) is 34.1 Å². The maximum Gasteiger partial charge on any atom is 0.226 e. The van der Waals surface area contributed by atoms with E-state index >= 15 is 0 Å². The van der Waals surface area contributed by atoms with Crippen LogP contribution >= 0.6 is 15.9 Å². The fraction of sp³-hybridized carbons (Fsp3) is 0.500. The second kappa shape index (κ2) is 8.17. The molecule has 0 atom stereocenters. The number of amides is 2. The highest BCUT2D eigenvalue weighted by atomic mass is 79.9. The molecule has 2 amide bonds. The van der Waals surface area contributed by atoms with Crippen molar-refractivity contribution < 1.29 is 9.59 Å². The normalized spacial score (nSPS) is 10.6. The Hall–Kier alpha value is -1.36. The Balaban J connectivity index is 2.54. The van der Waals surface area contributed by atoms with Gasteiger partial charge in [-0.1, -0.05) is 29.8 Å². The molecule has 0 aliphatic heterocycles. The summed E-state index contributed by atoms with van der Waals surface area (Å²) in [6, 6.07) is 5.72. The van der Waals surface area contributed by atoms with Gasteiger partial charge in [-0.3, -0.25) is 9.59 Å². The largest absolute Gasteiger partial charge is 0.342 e. The molecule has 1 aromatic carbocycles. The van der Waals surface area contributed by atoms with Crippen LogP contribution in [0.25, 0.3) is 0 Å². The third kappa shape index (κ3) is 6.29. The number of carbonyl (C=O) groups is 2. The Morgan fingerprint density at radius 3 is 2.52 bits per heavy atom. The summed E-state index contributed by atoms with van der Waals surface area (Å²) < 4.78 is 0.984. The molecule has 21 heavy (non-hydrogen) atoms. The van der Waals surface area contributed by atoms with E-state index in [2.05, 4.69) is 35.1 Å². The molecule has 5 heteroatoms. The highest BCUT2D eigenvalue weighted by molar-refractivity contribution is 9.10. The summed E-state index contributed by atoms with van der Waals surface area (Å²) in [6.07, 6.45) is 0.307. The third-order valence-corrected chi connectivity index (χ3v) is 3.60. The van der Waals surface area contributed by atoms with Crippen LogP contribution in [0.5, 0.6) is 0 Å². The van der Waals surface area contributed by atoms with Crippen LogP contribution in [0.2, 0.25) is 0 Å². The Bertz CT molecular complexity index is 515. The van der Waals surface area contributed by atoms with Gasteiger partial charge in [0.2, 0.25) is 11.8 Å². The van der Waals surface area contributed by atoms with Crippen LogP contribution in [-0.2, 0) is 9.59 Å². The molecule has 1 N–H and O–H groups in total. The first-order valence-corrected chi connectivity index (χ1v) is 7.90. The van der Waals surface area contributed by atoms with Gasteiger partial charge in [0.1, 0.15) is 0 Å². The SMILES string of the molecule is CC(=O)N(CCC(=O)Nc1ccc(Br)cc1C)CC(C)C. The molecule has 0 radical (unpaired) electrons. The van der Waals surface area contributed by atoms with Crippen LogP contribution in [0.1, 0.15) is 32.8 Å². The minimum atomic E-state index is -0.0737. The predicted molar refractivity (Wildman–Crippen MR) is 89.2 cm³/mol. The Morgan fingerprint density at radius 1 is 1.33 bits per heavy atom. The maximum absolute atomic E-state index is 12.0. The molecule has 0 saturated heterocycles. The molecule has 1 aromatic rings. The number of carbonyl (C=O) groups excluding carboxylic acids is 2. The van der Waals surface area contributed by atoms with E-state index in [4.69, 9.17) is 0 Å². The molecule has 0 spiro atoms. The van der Waals surface area contributed by atoms with Crippen LogP contribution in [0.3, 0.4) is 0 Å². The number of nitrogens with one attached hydrogen (secondary N) is 1. The standard InChI is InChI=1S/C16H23BrN2O2/c1-11(2)10-19(13(4)20)8-7-16(21)18-15-6-5-14(17)9-12(15)3/h5-6,9,11H,7-8,10H2,1-4H3,(H,18,21). The van der Waals surface area contributed by atoms with E-state index in [0.29, 0.717) is 25.4 Å². The van der Waals surface area contributed by atoms with E-state index in [0.717, 1.165) is 15.7 Å². The number of halogens is 1. The van der Waals surface area contributed by atoms with Crippen molar-refractivity contribution >= 4 is 33.4 Å². The molecule has 0 fully saturated rings. The first kappa shape index (κ1) is 17.7. The number of hydrogen-bond donors (Lipinski definition) is 1. The molecule has 116 valence electrons. The first-order valence-electron chi connectivity index (χ1n) is 7.11. The smallest absolute Gasteiger partial charge is 0.226 e. The van der Waals surface area contributed by atoms with Crippen LogP contribution in [0.4, 0.5) is 5.69 Å². The van der Waals surface area contributed by atoms with Crippen LogP contribution in [-0.4, -0.2) is 29.8 Å². The maximum atomic E-state index is 12.0. The van der Waals surface area contributed by atoms with Gasteiger partial charge in [-0.15, -0.1) is 0 Å². The molecule has 0 aliphatic rings. The van der Waals surface area contributed by atoms with Gasteiger partial charge in [0, 0.05) is 36.6 Å². The molecular formula is C16H23BrN2O2. The van der Waals surface area contributed by atoms with E-state index in [1.165, 1.54) is 0 Å². The van der Waals surface area contributed by atoms with Gasteiger partial charge in [0.25, 0.3) is 0 Å². The summed E-state index contributed by atoms with van der Waals surface area (Å²) in [5.41, 5.74) is 1.81. The summed E-state index contributed by atoms with van der Waals surface area (Å²) in [5, 5.41) is 2.89. The third-order valence-electron chi connectivity index (χ3n) is 3.10. The van der Waals surface area contributed by atoms with Gasteiger partial charge in [-0.2, -0.15) is 0 Å². The van der Waals surface area contributed by atoms with Crippen LogP contribution in [0, 0.1) is 12.8 Å². The summed E-state index contributed by atoms with van der Waals surface area (Å²) in [5.74, 6) is 0.331. The lowest BCUT2D eigenvalue weighted by Crippen LogP contribution is -2.34. The van der Waals surface area contributed by atoms with Crippen molar-refractivity contribution in [3.8, 4) is 0 Å². The van der Waals surface area contributed by atoms with Crippen molar-refractivity contribution in [3.05, 3.63) is 28.2 Å². The molecule has 0 saturated carbocycles. The monoisotopic (exact) mass is 354 g/mol. The fourth-order valence-electron chi connectivity index (χ4n) is 2.03. The van der Waals surface area contributed by atoms with E-state index in [1.54, 1.807) is 11.8 Å². The average molecular weight is 355 g/mol. The Morgan fingerprint density at radius 2 is 2.00 bits per heavy atom. The lowest BCUT2D eigenvalue weighted by molar-refractivity contribution is -0.129. The highest BCUT2D eigenvalue weighted by Gasteiger charge is 2.13. The van der Waals surface area contributed by atoms with E-state index in [1.807, 2.05) is 25.1 Å². The summed E-state index contributed by atoms with van der Waals surface area (Å²) >= 11 is 3.39. The van der Waals surface area contributed by atoms with Gasteiger partial charge in [0.15, 0.2) is 0 Å². The molecule has 0 aliphatic carbocycles. The molecule has 0 heterocycles. The molecule has 0 unspecified atom stereocenters. The molecule has 0 bridgehead atoms. The summed E-state index contributed by atoms with van der Waals surface area (Å²) in [6.45, 7) is 8.73. The number of anilines is 1. The minimum Gasteiger partial charge on any atom is -0.342 e. The number of nitrogens with zero attached hydrogens (tertiary/aromatic N) is 1. The lowest BCUT2D eigenvalue weighted by atomic mass is 10.2. The Kier molecular flexibility index (Phi) is 6.89. The first-order chi connectivity index (χ1) is 9.79. The van der Waals surface area contributed by atoms with Gasteiger partial charge in [0.05, 0.1) is 0 Å². The van der Waals surface area contributed by atoms with E-state index < -0.39 is 0 Å². The lowest BCUT2D eigenvalue weighted by Gasteiger charge is -2.22. The molecule has 0 aromatic heterocycles. The number of rotatable bonds is 6. The van der Waals surface area contributed by atoms with E-state index in [9.17, 15) is 9.59 Å². The van der Waals surface area contributed by atoms with Crippen molar-refractivity contribution in [2.24, 2.45) is 5.92 Å². The van der Waals surface area contributed by atoms with Crippen LogP contribution < -0.4 is 5.32 Å². The zero-order valence-corrected chi connectivity index (χ0v) is 14.7.